The van der Waals surface area contributed by atoms with Gasteiger partial charge in [-0.05, 0) is 25.3 Å². The molecule has 1 fully saturated rings. The molecule has 1 atom stereocenters. The van der Waals surface area contributed by atoms with E-state index in [1.165, 1.54) is 12.8 Å². The molecule has 1 aliphatic rings. The van der Waals surface area contributed by atoms with E-state index in [1.54, 1.807) is 0 Å². The van der Waals surface area contributed by atoms with Crippen molar-refractivity contribution in [2.45, 2.75) is 26.2 Å². The first-order chi connectivity index (χ1) is 6.22. The summed E-state index contributed by atoms with van der Waals surface area (Å²) in [7, 11) is 0. The normalized spacial score (nSPS) is 24.3. The quantitative estimate of drug-likeness (QED) is 0.372. The van der Waals surface area contributed by atoms with Crippen molar-refractivity contribution in [3.05, 3.63) is 0 Å². The Balaban J connectivity index is 2.17. The maximum Gasteiger partial charge on any atom is 0.235 e. The van der Waals surface area contributed by atoms with Gasteiger partial charge in [0.05, 0.1) is 0 Å². The van der Waals surface area contributed by atoms with Crippen LogP contribution in [0, 0.1) is 5.92 Å². The molecule has 0 radical (unpaired) electrons. The van der Waals surface area contributed by atoms with E-state index in [0.717, 1.165) is 25.6 Å². The second kappa shape index (κ2) is 5.19. The Morgan fingerprint density at radius 1 is 1.69 bits per heavy atom. The van der Waals surface area contributed by atoms with Gasteiger partial charge in [0, 0.05) is 19.5 Å². The van der Waals surface area contributed by atoms with Gasteiger partial charge in [0.15, 0.2) is 0 Å². The van der Waals surface area contributed by atoms with Gasteiger partial charge in [-0.15, -0.1) is 0 Å². The summed E-state index contributed by atoms with van der Waals surface area (Å²) in [6.45, 7) is 5.35. The number of likely N-dealkylation sites (tertiary alicyclic amines) is 1. The van der Waals surface area contributed by atoms with Crippen LogP contribution >= 0.6 is 0 Å². The summed E-state index contributed by atoms with van der Waals surface area (Å²) in [5.74, 6) is 5.70. The first-order valence-electron chi connectivity index (χ1n) is 4.94. The minimum Gasteiger partial charge on any atom is -0.303 e. The minimum atomic E-state index is -0.0711. The van der Waals surface area contributed by atoms with Crippen molar-refractivity contribution in [2.75, 3.05) is 19.6 Å². The van der Waals surface area contributed by atoms with Crippen molar-refractivity contribution in [1.29, 1.82) is 0 Å². The third kappa shape index (κ3) is 3.74. The first-order valence-corrected chi connectivity index (χ1v) is 4.94. The highest BCUT2D eigenvalue weighted by Crippen LogP contribution is 2.15. The number of carbonyl (C=O) groups excluding carboxylic acids is 1. The number of amides is 1. The van der Waals surface area contributed by atoms with E-state index in [-0.39, 0.29) is 5.91 Å². The number of nitrogens with zero attached hydrogens (tertiary/aromatic N) is 1. The fourth-order valence-electron chi connectivity index (χ4n) is 1.82. The lowest BCUT2D eigenvalue weighted by Gasteiger charge is -2.30. The van der Waals surface area contributed by atoms with Crippen molar-refractivity contribution < 1.29 is 4.79 Å². The highest BCUT2D eigenvalue weighted by molar-refractivity contribution is 5.75. The topological polar surface area (TPSA) is 58.4 Å². The van der Waals surface area contributed by atoms with Gasteiger partial charge in [-0.1, -0.05) is 6.92 Å². The monoisotopic (exact) mass is 185 g/mol. The second-order valence-corrected chi connectivity index (χ2v) is 3.87. The van der Waals surface area contributed by atoms with E-state index in [2.05, 4.69) is 17.2 Å². The second-order valence-electron chi connectivity index (χ2n) is 3.87. The summed E-state index contributed by atoms with van der Waals surface area (Å²) >= 11 is 0. The van der Waals surface area contributed by atoms with Crippen LogP contribution in [0.4, 0.5) is 0 Å². The molecule has 1 amide bonds. The molecule has 1 saturated heterocycles. The van der Waals surface area contributed by atoms with Crippen molar-refractivity contribution in [3.8, 4) is 0 Å². The molecule has 0 spiro atoms. The zero-order chi connectivity index (χ0) is 9.68. The Morgan fingerprint density at radius 3 is 3.08 bits per heavy atom. The highest BCUT2D eigenvalue weighted by atomic mass is 16.2. The number of piperidine rings is 1. The molecule has 0 aromatic rings. The van der Waals surface area contributed by atoms with E-state index >= 15 is 0 Å². The molecule has 1 unspecified atom stereocenters. The summed E-state index contributed by atoms with van der Waals surface area (Å²) in [5.41, 5.74) is 2.15. The smallest absolute Gasteiger partial charge is 0.235 e. The molecule has 1 rings (SSSR count). The molecule has 0 aromatic carbocycles. The summed E-state index contributed by atoms with van der Waals surface area (Å²) in [6.07, 6.45) is 3.09. The predicted molar refractivity (Wildman–Crippen MR) is 51.8 cm³/mol. The van der Waals surface area contributed by atoms with Gasteiger partial charge in [-0.2, -0.15) is 0 Å². The van der Waals surface area contributed by atoms with Crippen LogP contribution in [0.2, 0.25) is 0 Å². The number of rotatable bonds is 3. The summed E-state index contributed by atoms with van der Waals surface area (Å²) in [4.78, 5) is 13.2. The summed E-state index contributed by atoms with van der Waals surface area (Å²) in [6, 6.07) is 0. The van der Waals surface area contributed by atoms with E-state index in [9.17, 15) is 4.79 Å². The largest absolute Gasteiger partial charge is 0.303 e. The number of nitrogens with two attached hydrogens (primary N) is 1. The molecule has 0 saturated carbocycles. The number of carbonyl (C=O) groups is 1. The Bertz CT molecular complexity index is 172. The van der Waals surface area contributed by atoms with Gasteiger partial charge in [0.2, 0.25) is 5.91 Å². The molecule has 3 N–H and O–H groups in total. The minimum absolute atomic E-state index is 0.0711. The van der Waals surface area contributed by atoms with Crippen LogP contribution in [0.3, 0.4) is 0 Å². The van der Waals surface area contributed by atoms with Crippen LogP contribution in [0.25, 0.3) is 0 Å². The van der Waals surface area contributed by atoms with E-state index in [0.29, 0.717) is 6.42 Å². The number of hydrazine groups is 1. The van der Waals surface area contributed by atoms with Gasteiger partial charge in [-0.25, -0.2) is 5.84 Å². The molecule has 4 heteroatoms. The molecule has 1 aliphatic heterocycles. The Kier molecular flexibility index (Phi) is 4.18. The fraction of sp³-hybridized carbons (Fsp3) is 0.889. The molecule has 0 aliphatic carbocycles. The summed E-state index contributed by atoms with van der Waals surface area (Å²) in [5, 5.41) is 0. The zero-order valence-corrected chi connectivity index (χ0v) is 8.25. The molecular formula is C9H19N3O. The molecule has 76 valence electrons. The van der Waals surface area contributed by atoms with Crippen molar-refractivity contribution in [1.82, 2.24) is 10.3 Å². The zero-order valence-electron chi connectivity index (χ0n) is 8.25. The average molecular weight is 185 g/mol. The predicted octanol–water partition coefficient (Wildman–Crippen LogP) is 0.0983. The third-order valence-corrected chi connectivity index (χ3v) is 2.56. The highest BCUT2D eigenvalue weighted by Gasteiger charge is 2.16. The molecule has 13 heavy (non-hydrogen) atoms. The number of nitrogens with one attached hydrogen (secondary N) is 1. The molecule has 4 nitrogen and oxygen atoms in total. The Labute approximate surface area is 79.4 Å². The van der Waals surface area contributed by atoms with Gasteiger partial charge >= 0.3 is 0 Å². The fourth-order valence-corrected chi connectivity index (χ4v) is 1.82. The van der Waals surface area contributed by atoms with Crippen LogP contribution in [-0.4, -0.2) is 30.4 Å². The van der Waals surface area contributed by atoms with Crippen LogP contribution in [0.1, 0.15) is 26.2 Å². The Morgan fingerprint density at radius 2 is 2.46 bits per heavy atom. The van der Waals surface area contributed by atoms with Gasteiger partial charge < -0.3 is 4.90 Å². The lowest BCUT2D eigenvalue weighted by molar-refractivity contribution is -0.121. The van der Waals surface area contributed by atoms with Crippen molar-refractivity contribution in [3.63, 3.8) is 0 Å². The van der Waals surface area contributed by atoms with E-state index in [4.69, 9.17) is 5.84 Å². The van der Waals surface area contributed by atoms with Crippen LogP contribution in [0.15, 0.2) is 0 Å². The molecular weight excluding hydrogens is 166 g/mol. The van der Waals surface area contributed by atoms with Crippen LogP contribution in [0.5, 0.6) is 0 Å². The van der Waals surface area contributed by atoms with Crippen LogP contribution < -0.4 is 11.3 Å². The molecule has 0 aromatic heterocycles. The average Bonchev–Trinajstić information content (AvgIpc) is 2.14. The maximum atomic E-state index is 10.9. The lowest BCUT2D eigenvalue weighted by atomic mass is 10.0. The lowest BCUT2D eigenvalue weighted by Crippen LogP contribution is -2.38. The van der Waals surface area contributed by atoms with Gasteiger partial charge in [-0.3, -0.25) is 10.2 Å². The van der Waals surface area contributed by atoms with Crippen molar-refractivity contribution in [2.24, 2.45) is 11.8 Å². The van der Waals surface area contributed by atoms with E-state index in [1.807, 2.05) is 0 Å². The Hall–Kier alpha value is -0.610. The number of hydrogen-bond acceptors (Lipinski definition) is 3. The van der Waals surface area contributed by atoms with Crippen LogP contribution in [-0.2, 0) is 4.79 Å². The standard InChI is InChI=1S/C9H19N3O/c1-8-3-2-5-12(7-8)6-4-9(13)11-10/h8H,2-7,10H2,1H3,(H,11,13). The van der Waals surface area contributed by atoms with E-state index < -0.39 is 0 Å². The number of hydrogen-bond donors (Lipinski definition) is 2. The first kappa shape index (κ1) is 10.5. The molecule has 1 heterocycles. The summed E-state index contributed by atoms with van der Waals surface area (Å²) < 4.78 is 0. The molecule has 0 bridgehead atoms. The van der Waals surface area contributed by atoms with Gasteiger partial charge in [0.25, 0.3) is 0 Å². The maximum absolute atomic E-state index is 10.9. The van der Waals surface area contributed by atoms with Crippen molar-refractivity contribution >= 4 is 5.91 Å². The SMILES string of the molecule is CC1CCCN(CCC(=O)NN)C1. The van der Waals surface area contributed by atoms with Gasteiger partial charge in [0.1, 0.15) is 0 Å². The third-order valence-electron chi connectivity index (χ3n) is 2.56.